The number of ether oxygens (including phenoxy) is 1. The number of likely N-dealkylation sites (tertiary alicyclic amines) is 1. The molecule has 0 saturated carbocycles. The normalized spacial score (nSPS) is 23.6. The van der Waals surface area contributed by atoms with Crippen LogP contribution in [-0.2, 0) is 14.9 Å². The molecule has 1 aromatic rings. The molecule has 0 bridgehead atoms. The fraction of sp³-hybridized carbons (Fsp3) is 0.500. The lowest BCUT2D eigenvalue weighted by Crippen LogP contribution is -2.41. The molecular weight excluding hydrogens is 304 g/mol. The molecule has 2 aliphatic rings. The highest BCUT2D eigenvalue weighted by atomic mass is 35.5. The lowest BCUT2D eigenvalue weighted by Gasteiger charge is -2.26. The molecule has 5 nitrogen and oxygen atoms in total. The lowest BCUT2D eigenvalue weighted by molar-refractivity contribution is -0.120. The van der Waals surface area contributed by atoms with Crippen molar-refractivity contribution >= 4 is 29.3 Å². The van der Waals surface area contributed by atoms with Crippen LogP contribution < -0.4 is 5.32 Å². The predicted molar refractivity (Wildman–Crippen MR) is 84.2 cm³/mol. The first-order valence-electron chi connectivity index (χ1n) is 7.31. The molecule has 118 valence electrons. The summed E-state index contributed by atoms with van der Waals surface area (Å²) in [4.78, 5) is 26.3. The Kier molecular flexibility index (Phi) is 3.36. The monoisotopic (exact) mass is 322 g/mol. The molecule has 22 heavy (non-hydrogen) atoms. The molecule has 2 amide bonds. The topological polar surface area (TPSA) is 58.6 Å². The number of nitrogens with one attached hydrogen (secondary N) is 1. The molecule has 2 heterocycles. The smallest absolute Gasteiger partial charge is 0.410 e. The third kappa shape index (κ3) is 2.43. The van der Waals surface area contributed by atoms with Crippen LogP contribution in [0.25, 0.3) is 0 Å². The number of carbonyl (C=O) groups is 2. The average molecular weight is 323 g/mol. The highest BCUT2D eigenvalue weighted by Crippen LogP contribution is 2.45. The molecule has 0 aromatic heterocycles. The van der Waals surface area contributed by atoms with Crippen molar-refractivity contribution in [2.24, 2.45) is 0 Å². The molecule has 1 atom stereocenters. The van der Waals surface area contributed by atoms with E-state index in [-0.39, 0.29) is 12.0 Å². The first kappa shape index (κ1) is 15.2. The Morgan fingerprint density at radius 1 is 1.41 bits per heavy atom. The van der Waals surface area contributed by atoms with E-state index in [0.29, 0.717) is 24.5 Å². The van der Waals surface area contributed by atoms with Crippen molar-refractivity contribution < 1.29 is 14.3 Å². The second kappa shape index (κ2) is 4.88. The molecule has 1 aromatic carbocycles. The second-order valence-corrected chi connectivity index (χ2v) is 7.31. The number of anilines is 1. The molecule has 2 aliphatic heterocycles. The number of hydrogen-bond donors (Lipinski definition) is 1. The van der Waals surface area contributed by atoms with Gasteiger partial charge in [-0.05, 0) is 44.9 Å². The van der Waals surface area contributed by atoms with Crippen LogP contribution in [0.15, 0.2) is 18.2 Å². The summed E-state index contributed by atoms with van der Waals surface area (Å²) in [5, 5.41) is 3.46. The van der Waals surface area contributed by atoms with Gasteiger partial charge in [0.05, 0.1) is 5.41 Å². The van der Waals surface area contributed by atoms with Gasteiger partial charge in [-0.2, -0.15) is 0 Å². The van der Waals surface area contributed by atoms with Gasteiger partial charge in [0, 0.05) is 23.8 Å². The first-order valence-corrected chi connectivity index (χ1v) is 7.68. The SMILES string of the molecule is CC(C)(C)OC(=O)N1CC[C@@]2(C1)C(=O)Nc1cc(Cl)ccc12. The van der Waals surface area contributed by atoms with Gasteiger partial charge in [0.2, 0.25) is 5.91 Å². The van der Waals surface area contributed by atoms with Crippen molar-refractivity contribution in [2.45, 2.75) is 38.2 Å². The number of rotatable bonds is 0. The van der Waals surface area contributed by atoms with E-state index >= 15 is 0 Å². The quantitative estimate of drug-likeness (QED) is 0.798. The minimum absolute atomic E-state index is 0.0733. The maximum atomic E-state index is 12.5. The molecule has 0 radical (unpaired) electrons. The second-order valence-electron chi connectivity index (χ2n) is 6.88. The molecule has 0 aliphatic carbocycles. The first-order chi connectivity index (χ1) is 10.2. The van der Waals surface area contributed by atoms with Crippen LogP contribution in [0.1, 0.15) is 32.8 Å². The Balaban J connectivity index is 1.85. The van der Waals surface area contributed by atoms with Gasteiger partial charge in [-0.25, -0.2) is 4.79 Å². The van der Waals surface area contributed by atoms with Gasteiger partial charge in [0.15, 0.2) is 0 Å². The van der Waals surface area contributed by atoms with Crippen molar-refractivity contribution in [2.75, 3.05) is 18.4 Å². The van der Waals surface area contributed by atoms with Gasteiger partial charge < -0.3 is 15.0 Å². The highest BCUT2D eigenvalue weighted by molar-refractivity contribution is 6.31. The van der Waals surface area contributed by atoms with E-state index in [0.717, 1.165) is 11.3 Å². The van der Waals surface area contributed by atoms with Gasteiger partial charge in [-0.3, -0.25) is 4.79 Å². The van der Waals surface area contributed by atoms with Crippen molar-refractivity contribution in [1.29, 1.82) is 0 Å². The zero-order valence-electron chi connectivity index (χ0n) is 12.9. The van der Waals surface area contributed by atoms with Crippen molar-refractivity contribution in [1.82, 2.24) is 4.90 Å². The highest BCUT2D eigenvalue weighted by Gasteiger charge is 2.52. The van der Waals surface area contributed by atoms with E-state index in [1.54, 1.807) is 17.0 Å². The van der Waals surface area contributed by atoms with Crippen LogP contribution in [0.2, 0.25) is 5.02 Å². The summed E-state index contributed by atoms with van der Waals surface area (Å²) < 4.78 is 5.40. The summed E-state index contributed by atoms with van der Waals surface area (Å²) in [6.07, 6.45) is 0.215. The van der Waals surface area contributed by atoms with E-state index in [2.05, 4.69) is 5.32 Å². The van der Waals surface area contributed by atoms with Gasteiger partial charge >= 0.3 is 6.09 Å². The summed E-state index contributed by atoms with van der Waals surface area (Å²) in [5.74, 6) is -0.0733. The van der Waals surface area contributed by atoms with Crippen LogP contribution in [0.5, 0.6) is 0 Å². The minimum Gasteiger partial charge on any atom is -0.444 e. The summed E-state index contributed by atoms with van der Waals surface area (Å²) in [7, 11) is 0. The van der Waals surface area contributed by atoms with Gasteiger partial charge in [-0.1, -0.05) is 17.7 Å². The Hall–Kier alpha value is -1.75. The molecule has 1 saturated heterocycles. The van der Waals surface area contributed by atoms with Crippen molar-refractivity contribution in [3.8, 4) is 0 Å². The molecule has 1 fully saturated rings. The van der Waals surface area contributed by atoms with Crippen LogP contribution in [-0.4, -0.2) is 35.6 Å². The van der Waals surface area contributed by atoms with Crippen LogP contribution in [0, 0.1) is 0 Å². The maximum absolute atomic E-state index is 12.5. The average Bonchev–Trinajstić information content (AvgIpc) is 2.92. The fourth-order valence-corrected chi connectivity index (χ4v) is 3.27. The third-order valence-electron chi connectivity index (χ3n) is 4.10. The summed E-state index contributed by atoms with van der Waals surface area (Å²) in [6, 6.07) is 5.40. The van der Waals surface area contributed by atoms with Gasteiger partial charge in [0.25, 0.3) is 0 Å². The van der Waals surface area contributed by atoms with Crippen LogP contribution in [0.3, 0.4) is 0 Å². The Bertz CT molecular complexity index is 653. The molecule has 0 unspecified atom stereocenters. The van der Waals surface area contributed by atoms with Gasteiger partial charge in [-0.15, -0.1) is 0 Å². The summed E-state index contributed by atoms with van der Waals surface area (Å²) >= 11 is 5.98. The molecule has 1 N–H and O–H groups in total. The number of carbonyl (C=O) groups excluding carboxylic acids is 2. The maximum Gasteiger partial charge on any atom is 0.410 e. The number of nitrogens with zero attached hydrogens (tertiary/aromatic N) is 1. The number of halogens is 1. The number of hydrogen-bond acceptors (Lipinski definition) is 3. The predicted octanol–water partition coefficient (Wildman–Crippen LogP) is 3.17. The van der Waals surface area contributed by atoms with Crippen LogP contribution >= 0.6 is 11.6 Å². The standard InChI is InChI=1S/C16H19ClN2O3/c1-15(2,3)22-14(21)19-7-6-16(9-19)11-5-4-10(17)8-12(11)18-13(16)20/h4-5,8H,6-7,9H2,1-3H3,(H,18,20)/t16-/m0/s1. The van der Waals surface area contributed by atoms with Crippen molar-refractivity contribution in [3.63, 3.8) is 0 Å². The Morgan fingerprint density at radius 2 is 2.14 bits per heavy atom. The van der Waals surface area contributed by atoms with E-state index in [4.69, 9.17) is 16.3 Å². The van der Waals surface area contributed by atoms with E-state index < -0.39 is 11.0 Å². The number of amides is 2. The summed E-state index contributed by atoms with van der Waals surface area (Å²) in [6.45, 7) is 6.33. The fourth-order valence-electron chi connectivity index (χ4n) is 3.10. The molecule has 3 rings (SSSR count). The zero-order valence-corrected chi connectivity index (χ0v) is 13.7. The van der Waals surface area contributed by atoms with Crippen molar-refractivity contribution in [3.05, 3.63) is 28.8 Å². The minimum atomic E-state index is -0.684. The number of benzene rings is 1. The number of fused-ring (bicyclic) bond motifs is 2. The van der Waals surface area contributed by atoms with E-state index in [1.807, 2.05) is 26.8 Å². The largest absolute Gasteiger partial charge is 0.444 e. The molecule has 6 heteroatoms. The third-order valence-corrected chi connectivity index (χ3v) is 4.34. The molecular formula is C16H19ClN2O3. The van der Waals surface area contributed by atoms with E-state index in [9.17, 15) is 9.59 Å². The summed E-state index contributed by atoms with van der Waals surface area (Å²) in [5.41, 5.74) is 0.420. The van der Waals surface area contributed by atoms with Crippen LogP contribution in [0.4, 0.5) is 10.5 Å². The Morgan fingerprint density at radius 3 is 2.82 bits per heavy atom. The lowest BCUT2D eigenvalue weighted by atomic mass is 9.81. The van der Waals surface area contributed by atoms with E-state index in [1.165, 1.54) is 0 Å². The van der Waals surface area contributed by atoms with Gasteiger partial charge in [0.1, 0.15) is 5.60 Å². The Labute approximate surface area is 134 Å². The zero-order chi connectivity index (χ0) is 16.1. The molecule has 1 spiro atoms.